The van der Waals surface area contributed by atoms with Crippen LogP contribution in [0.25, 0.3) is 22.0 Å². The number of phenolic OH excluding ortho intramolecular Hbond substituents is 1. The Hall–Kier alpha value is -4.30. The normalized spacial score (nSPS) is 11.8. The number of rotatable bonds is 7. The summed E-state index contributed by atoms with van der Waals surface area (Å²) < 4.78 is 20.9. The highest BCUT2D eigenvalue weighted by Crippen LogP contribution is 2.33. The van der Waals surface area contributed by atoms with E-state index >= 15 is 0 Å². The van der Waals surface area contributed by atoms with Crippen molar-refractivity contribution in [1.82, 2.24) is 15.0 Å². The Morgan fingerprint density at radius 3 is 2.53 bits per heavy atom. The molecule has 0 bridgehead atoms. The van der Waals surface area contributed by atoms with Gasteiger partial charge < -0.3 is 9.84 Å². The molecule has 7 nitrogen and oxygen atoms in total. The second-order valence-corrected chi connectivity index (χ2v) is 9.65. The van der Waals surface area contributed by atoms with Gasteiger partial charge in [0.15, 0.2) is 11.0 Å². The van der Waals surface area contributed by atoms with Gasteiger partial charge in [0.05, 0.1) is 24.2 Å². The lowest BCUT2D eigenvalue weighted by molar-refractivity contribution is 0.414. The number of hydrogen-bond acceptors (Lipinski definition) is 6. The zero-order valence-electron chi connectivity index (χ0n) is 19.8. The van der Waals surface area contributed by atoms with Crippen molar-refractivity contribution in [3.8, 4) is 22.8 Å². The molecule has 1 N–H and O–H groups in total. The van der Waals surface area contributed by atoms with E-state index in [0.29, 0.717) is 17.3 Å². The molecule has 1 atom stereocenters. The van der Waals surface area contributed by atoms with Gasteiger partial charge in [0.25, 0.3) is 0 Å². The first-order valence-electron chi connectivity index (χ1n) is 11.3. The van der Waals surface area contributed by atoms with Crippen molar-refractivity contribution in [1.29, 1.82) is 0 Å². The van der Waals surface area contributed by atoms with Crippen molar-refractivity contribution in [2.45, 2.75) is 18.4 Å². The number of pyridine rings is 1. The molecule has 36 heavy (non-hydrogen) atoms. The van der Waals surface area contributed by atoms with Gasteiger partial charge in [0, 0.05) is 23.3 Å². The second kappa shape index (κ2) is 10.1. The zero-order valence-corrected chi connectivity index (χ0v) is 20.6. The highest BCUT2D eigenvalue weighted by atomic mass is 32.2. The molecule has 0 radical (unpaired) electrons. The number of benzene rings is 3. The maximum absolute atomic E-state index is 13.9. The first kappa shape index (κ1) is 23.4. The molecule has 5 rings (SSSR count). The Morgan fingerprint density at radius 2 is 1.78 bits per heavy atom. The third kappa shape index (κ3) is 4.76. The van der Waals surface area contributed by atoms with E-state index in [0.717, 1.165) is 38.9 Å². The third-order valence-corrected chi connectivity index (χ3v) is 7.29. The number of nitrogens with zero attached hydrogens (tertiary/aromatic N) is 4. The van der Waals surface area contributed by atoms with Gasteiger partial charge in [-0.05, 0) is 72.0 Å². The summed E-state index contributed by atoms with van der Waals surface area (Å²) in [4.78, 5) is 13.6. The molecule has 0 amide bonds. The largest absolute Gasteiger partial charge is 0.508 e. The lowest BCUT2D eigenvalue weighted by Crippen LogP contribution is -2.26. The number of aromatic nitrogens is 3. The minimum Gasteiger partial charge on any atom is -0.508 e. The molecule has 0 fully saturated rings. The fourth-order valence-corrected chi connectivity index (χ4v) is 5.24. The van der Waals surface area contributed by atoms with E-state index < -0.39 is 11.0 Å². The lowest BCUT2D eigenvalue weighted by Gasteiger charge is -2.22. The van der Waals surface area contributed by atoms with Crippen molar-refractivity contribution in [2.75, 3.05) is 11.4 Å². The molecule has 8 heteroatoms. The molecule has 0 aliphatic heterocycles. The molecule has 1 unspecified atom stereocenters. The van der Waals surface area contributed by atoms with Crippen LogP contribution in [0, 0.1) is 6.92 Å². The van der Waals surface area contributed by atoms with Crippen LogP contribution >= 0.6 is 0 Å². The van der Waals surface area contributed by atoms with Gasteiger partial charge in [-0.1, -0.05) is 24.3 Å². The number of aryl methyl sites for hydroxylation is 1. The zero-order chi connectivity index (χ0) is 25.1. The molecular weight excluding hydrogens is 472 g/mol. The van der Waals surface area contributed by atoms with Gasteiger partial charge >= 0.3 is 0 Å². The molecule has 180 valence electrons. The van der Waals surface area contributed by atoms with Gasteiger partial charge in [-0.3, -0.25) is 9.29 Å². The van der Waals surface area contributed by atoms with E-state index in [2.05, 4.69) is 15.0 Å². The van der Waals surface area contributed by atoms with E-state index in [-0.39, 0.29) is 5.75 Å². The Balaban J connectivity index is 1.53. The number of anilines is 1. The molecule has 3 aromatic carbocycles. The van der Waals surface area contributed by atoms with Crippen molar-refractivity contribution >= 4 is 27.6 Å². The molecule has 0 aliphatic carbocycles. The van der Waals surface area contributed by atoms with Gasteiger partial charge in [0.2, 0.25) is 0 Å². The Bertz CT molecular complexity index is 1540. The Morgan fingerprint density at radius 1 is 0.944 bits per heavy atom. The molecule has 0 aliphatic rings. The minimum atomic E-state index is -1.54. The van der Waals surface area contributed by atoms with E-state index in [1.54, 1.807) is 42.0 Å². The molecule has 0 saturated heterocycles. The minimum absolute atomic E-state index is 0.186. The third-order valence-electron chi connectivity index (χ3n) is 5.92. The van der Waals surface area contributed by atoms with E-state index in [4.69, 9.17) is 4.74 Å². The van der Waals surface area contributed by atoms with E-state index in [9.17, 15) is 9.32 Å². The SMILES string of the molecule is COc1ccc(CN(c2ccncn2)S(=O)c2ccc3c(-c4cc(O)ccc4C)nccc3c2)cc1. The van der Waals surface area contributed by atoms with Crippen molar-refractivity contribution in [3.05, 3.63) is 103 Å². The van der Waals surface area contributed by atoms with Crippen LogP contribution in [0.15, 0.2) is 96.4 Å². The Kier molecular flexibility index (Phi) is 6.60. The summed E-state index contributed by atoms with van der Waals surface area (Å²) >= 11 is 0. The average molecular weight is 497 g/mol. The number of aromatic hydroxyl groups is 1. The van der Waals surface area contributed by atoms with Gasteiger partial charge in [-0.15, -0.1) is 0 Å². The van der Waals surface area contributed by atoms with Crippen molar-refractivity contribution in [3.63, 3.8) is 0 Å². The monoisotopic (exact) mass is 496 g/mol. The maximum atomic E-state index is 13.9. The molecule has 5 aromatic rings. The summed E-state index contributed by atoms with van der Waals surface area (Å²) in [7, 11) is 0.0812. The van der Waals surface area contributed by atoms with Crippen LogP contribution in [-0.2, 0) is 17.5 Å². The molecule has 0 saturated carbocycles. The lowest BCUT2D eigenvalue weighted by atomic mass is 10.00. The number of hydrogen-bond donors (Lipinski definition) is 1. The molecule has 2 heterocycles. The van der Waals surface area contributed by atoms with Crippen molar-refractivity contribution in [2.24, 2.45) is 0 Å². The van der Waals surface area contributed by atoms with Gasteiger partial charge in [-0.2, -0.15) is 0 Å². The summed E-state index contributed by atoms with van der Waals surface area (Å²) in [6.07, 6.45) is 4.81. The fraction of sp³-hybridized carbons (Fsp3) is 0.107. The predicted molar refractivity (Wildman–Crippen MR) is 141 cm³/mol. The predicted octanol–water partition coefficient (Wildman–Crippen LogP) is 5.44. The van der Waals surface area contributed by atoms with Crippen LogP contribution in [0.2, 0.25) is 0 Å². The second-order valence-electron chi connectivity index (χ2n) is 8.24. The van der Waals surface area contributed by atoms with Crippen LogP contribution in [0.1, 0.15) is 11.1 Å². The van der Waals surface area contributed by atoms with E-state index in [1.807, 2.05) is 61.5 Å². The molecule has 0 spiro atoms. The van der Waals surface area contributed by atoms with Crippen LogP contribution in [0.3, 0.4) is 0 Å². The first-order valence-corrected chi connectivity index (χ1v) is 12.4. The summed E-state index contributed by atoms with van der Waals surface area (Å²) in [5.41, 5.74) is 3.60. The van der Waals surface area contributed by atoms with Crippen LogP contribution in [0.5, 0.6) is 11.5 Å². The highest BCUT2D eigenvalue weighted by molar-refractivity contribution is 7.86. The smallest absolute Gasteiger partial charge is 0.154 e. The van der Waals surface area contributed by atoms with E-state index in [1.165, 1.54) is 6.33 Å². The summed E-state index contributed by atoms with van der Waals surface area (Å²) in [5, 5.41) is 11.8. The van der Waals surface area contributed by atoms with Crippen LogP contribution in [0.4, 0.5) is 5.82 Å². The highest BCUT2D eigenvalue weighted by Gasteiger charge is 2.19. The summed E-state index contributed by atoms with van der Waals surface area (Å²) in [6, 6.07) is 22.2. The molecule has 2 aromatic heterocycles. The van der Waals surface area contributed by atoms with Crippen LogP contribution in [-0.4, -0.2) is 31.4 Å². The summed E-state index contributed by atoms with van der Waals surface area (Å²) in [6.45, 7) is 2.37. The first-order chi connectivity index (χ1) is 17.5. The number of methoxy groups -OCH3 is 1. The summed E-state index contributed by atoms with van der Waals surface area (Å²) in [5.74, 6) is 1.51. The van der Waals surface area contributed by atoms with Crippen molar-refractivity contribution < 1.29 is 14.1 Å². The van der Waals surface area contributed by atoms with Crippen LogP contribution < -0.4 is 9.04 Å². The number of ether oxygens (including phenoxy) is 1. The number of fused-ring (bicyclic) bond motifs is 1. The Labute approximate surface area is 211 Å². The van der Waals surface area contributed by atoms with Gasteiger partial charge in [-0.25, -0.2) is 14.2 Å². The molecular formula is C28H24N4O3S. The standard InChI is InChI=1S/C28H24N4O3S/c1-19-3-6-22(33)16-26(19)28-25-10-9-24(15-21(25)11-14-30-28)36(34)32(27-12-13-29-18-31-27)17-20-4-7-23(35-2)8-5-20/h3-16,18,33H,17H2,1-2H3. The topological polar surface area (TPSA) is 88.4 Å². The van der Waals surface area contributed by atoms with Gasteiger partial charge in [0.1, 0.15) is 23.6 Å². The number of phenols is 1. The quantitative estimate of drug-likeness (QED) is 0.323. The maximum Gasteiger partial charge on any atom is 0.154 e. The average Bonchev–Trinajstić information content (AvgIpc) is 2.93. The fourth-order valence-electron chi connectivity index (χ4n) is 4.02.